The maximum absolute atomic E-state index is 13.0. The summed E-state index contributed by atoms with van der Waals surface area (Å²) in [7, 11) is 1.52. The maximum atomic E-state index is 13.0. The molecule has 92 valence electrons. The van der Waals surface area contributed by atoms with Gasteiger partial charge in [0.05, 0.1) is 18.3 Å². The van der Waals surface area contributed by atoms with Crippen LogP contribution in [0.4, 0.5) is 4.39 Å². The summed E-state index contributed by atoms with van der Waals surface area (Å²) >= 11 is 0. The molecule has 4 nitrogen and oxygen atoms in total. The Hall–Kier alpha value is -1.48. The van der Waals surface area contributed by atoms with Crippen LogP contribution in [0.5, 0.6) is 0 Å². The van der Waals surface area contributed by atoms with Gasteiger partial charge in [0, 0.05) is 20.2 Å². The molecule has 0 fully saturated rings. The third-order valence-electron chi connectivity index (χ3n) is 2.22. The molecule has 0 aliphatic carbocycles. The molecule has 1 atom stereocenters. The highest BCUT2D eigenvalue weighted by molar-refractivity contribution is 5.34. The third-order valence-corrected chi connectivity index (χ3v) is 2.22. The molecule has 2 N–H and O–H groups in total. The molecule has 1 aromatic rings. The number of aliphatic hydroxyl groups is 1. The van der Waals surface area contributed by atoms with Crippen LogP contribution in [0.3, 0.4) is 0 Å². The summed E-state index contributed by atoms with van der Waals surface area (Å²) in [4.78, 5) is 0. The van der Waals surface area contributed by atoms with Gasteiger partial charge >= 0.3 is 0 Å². The average molecular weight is 238 g/mol. The van der Waals surface area contributed by atoms with Crippen LogP contribution in [0.25, 0.3) is 0 Å². The molecular weight excluding hydrogens is 223 g/mol. The highest BCUT2D eigenvalue weighted by Crippen LogP contribution is 2.09. The zero-order valence-electron chi connectivity index (χ0n) is 9.61. The molecule has 0 heterocycles. The molecule has 5 heteroatoms. The maximum Gasteiger partial charge on any atom is 0.140 e. The Morgan fingerprint density at radius 3 is 3.00 bits per heavy atom. The monoisotopic (exact) mass is 238 g/mol. The van der Waals surface area contributed by atoms with Crippen LogP contribution in [0, 0.1) is 17.1 Å². The van der Waals surface area contributed by atoms with Crippen molar-refractivity contribution in [3.8, 4) is 6.07 Å². The average Bonchev–Trinajstić information content (AvgIpc) is 2.31. The lowest BCUT2D eigenvalue weighted by Gasteiger charge is -2.10. The number of halogens is 1. The molecule has 0 saturated heterocycles. The van der Waals surface area contributed by atoms with Gasteiger partial charge in [-0.3, -0.25) is 0 Å². The summed E-state index contributed by atoms with van der Waals surface area (Å²) in [6.45, 7) is 1.11. The second-order valence-corrected chi connectivity index (χ2v) is 3.67. The topological polar surface area (TPSA) is 65.3 Å². The van der Waals surface area contributed by atoms with Gasteiger partial charge in [0.25, 0.3) is 0 Å². The number of ether oxygens (including phenoxy) is 1. The Balaban J connectivity index is 2.45. The van der Waals surface area contributed by atoms with Gasteiger partial charge in [-0.15, -0.1) is 0 Å². The van der Waals surface area contributed by atoms with Crippen LogP contribution in [-0.4, -0.2) is 31.5 Å². The molecule has 0 aliphatic heterocycles. The smallest absolute Gasteiger partial charge is 0.140 e. The number of nitrogens with zero attached hydrogens (tertiary/aromatic N) is 1. The Morgan fingerprint density at radius 1 is 1.59 bits per heavy atom. The highest BCUT2D eigenvalue weighted by atomic mass is 19.1. The lowest BCUT2D eigenvalue weighted by Crippen LogP contribution is -2.29. The minimum Gasteiger partial charge on any atom is -0.389 e. The lowest BCUT2D eigenvalue weighted by molar-refractivity contribution is 0.0644. The van der Waals surface area contributed by atoms with Gasteiger partial charge in [-0.05, 0) is 17.7 Å². The van der Waals surface area contributed by atoms with E-state index >= 15 is 0 Å². The van der Waals surface area contributed by atoms with Crippen molar-refractivity contribution in [1.29, 1.82) is 5.26 Å². The number of hydrogen-bond donors (Lipinski definition) is 2. The Bertz CT molecular complexity index is 404. The van der Waals surface area contributed by atoms with Crippen molar-refractivity contribution >= 4 is 0 Å². The van der Waals surface area contributed by atoms with Crippen LogP contribution >= 0.6 is 0 Å². The van der Waals surface area contributed by atoms with Gasteiger partial charge in [0.2, 0.25) is 0 Å². The number of benzene rings is 1. The summed E-state index contributed by atoms with van der Waals surface area (Å²) in [5.41, 5.74) is 0.828. The van der Waals surface area contributed by atoms with E-state index in [0.29, 0.717) is 13.1 Å². The molecule has 1 rings (SSSR count). The van der Waals surface area contributed by atoms with E-state index in [0.717, 1.165) is 5.56 Å². The summed E-state index contributed by atoms with van der Waals surface area (Å²) < 4.78 is 17.8. The van der Waals surface area contributed by atoms with E-state index in [1.54, 1.807) is 12.1 Å². The molecule has 0 radical (unpaired) electrons. The Kier molecular flexibility index (Phi) is 5.57. The summed E-state index contributed by atoms with van der Waals surface area (Å²) in [6, 6.07) is 6.14. The predicted octanol–water partition coefficient (Wildman–Crippen LogP) is 0.794. The largest absolute Gasteiger partial charge is 0.389 e. The van der Waals surface area contributed by atoms with Crippen LogP contribution in [-0.2, 0) is 11.3 Å². The zero-order valence-corrected chi connectivity index (χ0v) is 9.61. The summed E-state index contributed by atoms with van der Waals surface area (Å²) in [6.07, 6.45) is -0.573. The first kappa shape index (κ1) is 13.6. The molecule has 0 aromatic heterocycles. The van der Waals surface area contributed by atoms with E-state index in [9.17, 15) is 9.50 Å². The molecule has 0 spiro atoms. The number of nitriles is 1. The molecule has 0 aliphatic rings. The number of aliphatic hydroxyl groups excluding tert-OH is 1. The van der Waals surface area contributed by atoms with Crippen LogP contribution in [0.15, 0.2) is 18.2 Å². The number of nitrogens with one attached hydrogen (secondary N) is 1. The van der Waals surface area contributed by atoms with Crippen LogP contribution in [0.2, 0.25) is 0 Å². The van der Waals surface area contributed by atoms with Crippen molar-refractivity contribution in [2.24, 2.45) is 0 Å². The van der Waals surface area contributed by atoms with Gasteiger partial charge in [-0.1, -0.05) is 6.07 Å². The standard InChI is InChI=1S/C12H15FN2O2/c1-17-8-11(16)7-15-6-9-2-3-12(13)10(4-9)5-14/h2-4,11,15-16H,6-8H2,1H3. The van der Waals surface area contributed by atoms with E-state index in [4.69, 9.17) is 10.00 Å². The Morgan fingerprint density at radius 2 is 2.35 bits per heavy atom. The summed E-state index contributed by atoms with van der Waals surface area (Å²) in [5, 5.41) is 21.0. The fourth-order valence-electron chi connectivity index (χ4n) is 1.40. The van der Waals surface area contributed by atoms with E-state index in [2.05, 4.69) is 5.32 Å². The van der Waals surface area contributed by atoms with E-state index in [1.807, 2.05) is 0 Å². The second-order valence-electron chi connectivity index (χ2n) is 3.67. The van der Waals surface area contributed by atoms with Crippen molar-refractivity contribution in [3.63, 3.8) is 0 Å². The van der Waals surface area contributed by atoms with E-state index in [1.165, 1.54) is 19.2 Å². The SMILES string of the molecule is COCC(O)CNCc1ccc(F)c(C#N)c1. The van der Waals surface area contributed by atoms with Gasteiger partial charge in [-0.25, -0.2) is 4.39 Å². The zero-order chi connectivity index (χ0) is 12.7. The molecule has 1 unspecified atom stereocenters. The van der Waals surface area contributed by atoms with Gasteiger partial charge < -0.3 is 15.2 Å². The number of methoxy groups -OCH3 is 1. The lowest BCUT2D eigenvalue weighted by atomic mass is 10.1. The van der Waals surface area contributed by atoms with Gasteiger partial charge in [-0.2, -0.15) is 5.26 Å². The fraction of sp³-hybridized carbons (Fsp3) is 0.417. The van der Waals surface area contributed by atoms with Crippen molar-refractivity contribution in [2.45, 2.75) is 12.6 Å². The minimum absolute atomic E-state index is 0.0294. The van der Waals surface area contributed by atoms with Crippen molar-refractivity contribution in [2.75, 3.05) is 20.3 Å². The fourth-order valence-corrected chi connectivity index (χ4v) is 1.40. The first-order valence-electron chi connectivity index (χ1n) is 5.23. The predicted molar refractivity (Wildman–Crippen MR) is 60.7 cm³/mol. The van der Waals surface area contributed by atoms with Crippen molar-refractivity contribution < 1.29 is 14.2 Å². The first-order chi connectivity index (χ1) is 8.17. The van der Waals surface area contributed by atoms with E-state index in [-0.39, 0.29) is 12.2 Å². The molecule has 0 saturated carbocycles. The molecular formula is C12H15FN2O2. The van der Waals surface area contributed by atoms with Crippen LogP contribution in [0.1, 0.15) is 11.1 Å². The van der Waals surface area contributed by atoms with Gasteiger partial charge in [0.1, 0.15) is 11.9 Å². The molecule has 0 amide bonds. The minimum atomic E-state index is -0.573. The molecule has 17 heavy (non-hydrogen) atoms. The van der Waals surface area contributed by atoms with Crippen molar-refractivity contribution in [3.05, 3.63) is 35.1 Å². The quantitative estimate of drug-likeness (QED) is 0.769. The summed E-state index contributed by atoms with van der Waals surface area (Å²) in [5.74, 6) is -0.518. The normalized spacial score (nSPS) is 12.1. The van der Waals surface area contributed by atoms with E-state index < -0.39 is 11.9 Å². The molecule has 1 aromatic carbocycles. The van der Waals surface area contributed by atoms with Crippen LogP contribution < -0.4 is 5.32 Å². The third kappa shape index (κ3) is 4.49. The number of rotatable bonds is 6. The first-order valence-corrected chi connectivity index (χ1v) is 5.23. The Labute approximate surface area is 99.6 Å². The number of hydrogen-bond acceptors (Lipinski definition) is 4. The van der Waals surface area contributed by atoms with Gasteiger partial charge in [0.15, 0.2) is 0 Å². The molecule has 0 bridgehead atoms. The second kappa shape index (κ2) is 6.97. The highest BCUT2D eigenvalue weighted by Gasteiger charge is 2.04. The van der Waals surface area contributed by atoms with Crippen molar-refractivity contribution in [1.82, 2.24) is 5.32 Å².